The van der Waals surface area contributed by atoms with Crippen LogP contribution in [-0.2, 0) is 9.59 Å². The highest BCUT2D eigenvalue weighted by Gasteiger charge is 2.49. The molecule has 1 aromatic rings. The zero-order chi connectivity index (χ0) is 15.1. The van der Waals surface area contributed by atoms with Gasteiger partial charge in [0.05, 0.1) is 23.1 Å². The largest absolute Gasteiger partial charge is 0.478 e. The fourth-order valence-corrected chi connectivity index (χ4v) is 3.42. The number of benzene rings is 1. The third kappa shape index (κ3) is 2.22. The Balaban J connectivity index is 1.95. The molecule has 0 radical (unpaired) electrons. The van der Waals surface area contributed by atoms with Crippen molar-refractivity contribution < 1.29 is 19.5 Å². The number of nitrogens with zero attached hydrogens (tertiary/aromatic N) is 1. The van der Waals surface area contributed by atoms with Gasteiger partial charge in [-0.25, -0.2) is 4.79 Å². The van der Waals surface area contributed by atoms with Crippen molar-refractivity contribution in [2.75, 3.05) is 4.90 Å². The number of carboxylic acids is 1. The van der Waals surface area contributed by atoms with Crippen molar-refractivity contribution >= 4 is 23.5 Å². The SMILES string of the molecule is C[C@H]1CC[C@@H]2C(=O)N(c3cccc(C(=O)O)c3)C(=O)[C@@H]2C1. The van der Waals surface area contributed by atoms with E-state index in [1.807, 2.05) is 0 Å². The van der Waals surface area contributed by atoms with Crippen molar-refractivity contribution in [3.63, 3.8) is 0 Å². The molecule has 1 aliphatic carbocycles. The maximum Gasteiger partial charge on any atom is 0.335 e. The monoisotopic (exact) mass is 287 g/mol. The Bertz CT molecular complexity index is 624. The van der Waals surface area contributed by atoms with Crippen LogP contribution in [-0.4, -0.2) is 22.9 Å². The first-order valence-electron chi connectivity index (χ1n) is 7.20. The summed E-state index contributed by atoms with van der Waals surface area (Å²) < 4.78 is 0. The lowest BCUT2D eigenvalue weighted by Gasteiger charge is -2.25. The van der Waals surface area contributed by atoms with Crippen LogP contribution in [0.4, 0.5) is 5.69 Å². The molecule has 1 saturated carbocycles. The molecule has 2 fully saturated rings. The van der Waals surface area contributed by atoms with Crippen molar-refractivity contribution in [1.29, 1.82) is 0 Å². The number of hydrogen-bond acceptors (Lipinski definition) is 3. The van der Waals surface area contributed by atoms with E-state index in [2.05, 4.69) is 6.92 Å². The second kappa shape index (κ2) is 4.98. The molecule has 0 spiro atoms. The van der Waals surface area contributed by atoms with Crippen LogP contribution in [0.15, 0.2) is 24.3 Å². The van der Waals surface area contributed by atoms with Gasteiger partial charge in [-0.3, -0.25) is 14.5 Å². The van der Waals surface area contributed by atoms with E-state index in [1.165, 1.54) is 17.0 Å². The molecule has 2 amide bonds. The molecule has 0 bridgehead atoms. The molecule has 1 heterocycles. The summed E-state index contributed by atoms with van der Waals surface area (Å²) in [7, 11) is 0. The topological polar surface area (TPSA) is 74.7 Å². The minimum Gasteiger partial charge on any atom is -0.478 e. The van der Waals surface area contributed by atoms with Gasteiger partial charge in [0.25, 0.3) is 0 Å². The second-order valence-electron chi connectivity index (χ2n) is 6.00. The highest BCUT2D eigenvalue weighted by molar-refractivity contribution is 6.22. The number of imide groups is 1. The molecule has 110 valence electrons. The lowest BCUT2D eigenvalue weighted by atomic mass is 9.76. The smallest absolute Gasteiger partial charge is 0.335 e. The summed E-state index contributed by atoms with van der Waals surface area (Å²) in [5.74, 6) is -1.45. The first kappa shape index (κ1) is 13.8. The van der Waals surface area contributed by atoms with E-state index in [0.29, 0.717) is 11.6 Å². The van der Waals surface area contributed by atoms with Crippen molar-refractivity contribution in [2.45, 2.75) is 26.2 Å². The Kier molecular flexibility index (Phi) is 3.27. The predicted molar refractivity (Wildman–Crippen MR) is 75.9 cm³/mol. The molecule has 2 aliphatic rings. The lowest BCUT2D eigenvalue weighted by molar-refractivity contribution is -0.122. The van der Waals surface area contributed by atoms with Crippen LogP contribution in [0.3, 0.4) is 0 Å². The number of hydrogen-bond donors (Lipinski definition) is 1. The van der Waals surface area contributed by atoms with Crippen LogP contribution in [0, 0.1) is 17.8 Å². The lowest BCUT2D eigenvalue weighted by Crippen LogP contribution is -2.31. The van der Waals surface area contributed by atoms with E-state index in [-0.39, 0.29) is 29.2 Å². The van der Waals surface area contributed by atoms with Gasteiger partial charge in [0.1, 0.15) is 0 Å². The number of carboxylic acid groups (broad SMARTS) is 1. The van der Waals surface area contributed by atoms with Gasteiger partial charge in [-0.05, 0) is 43.4 Å². The second-order valence-corrected chi connectivity index (χ2v) is 6.00. The van der Waals surface area contributed by atoms with Crippen molar-refractivity contribution in [3.8, 4) is 0 Å². The van der Waals surface area contributed by atoms with Crippen molar-refractivity contribution in [1.82, 2.24) is 0 Å². The average Bonchev–Trinajstić information content (AvgIpc) is 2.70. The van der Waals surface area contributed by atoms with E-state index in [1.54, 1.807) is 12.1 Å². The van der Waals surface area contributed by atoms with Crippen molar-refractivity contribution in [3.05, 3.63) is 29.8 Å². The predicted octanol–water partition coefficient (Wildman–Crippen LogP) is 2.31. The highest BCUT2D eigenvalue weighted by Crippen LogP contribution is 2.42. The first-order chi connectivity index (χ1) is 9.99. The minimum atomic E-state index is -1.07. The standard InChI is InChI=1S/C16H17NO4/c1-9-5-6-12-13(7-9)15(19)17(14(12)18)11-4-2-3-10(8-11)16(20)21/h2-4,8-9,12-13H,5-7H2,1H3,(H,20,21)/t9-,12-,13+/m0/s1. The van der Waals surface area contributed by atoms with Crippen LogP contribution in [0.25, 0.3) is 0 Å². The van der Waals surface area contributed by atoms with Crippen LogP contribution >= 0.6 is 0 Å². The van der Waals surface area contributed by atoms with E-state index in [0.717, 1.165) is 19.3 Å². The van der Waals surface area contributed by atoms with Gasteiger partial charge in [-0.15, -0.1) is 0 Å². The number of carbonyl (C=O) groups is 3. The summed E-state index contributed by atoms with van der Waals surface area (Å²) in [6.45, 7) is 2.10. The average molecular weight is 287 g/mol. The molecule has 1 aromatic carbocycles. The Morgan fingerprint density at radius 3 is 2.62 bits per heavy atom. The number of aromatic carboxylic acids is 1. The van der Waals surface area contributed by atoms with Crippen LogP contribution in [0.1, 0.15) is 36.5 Å². The highest BCUT2D eigenvalue weighted by atomic mass is 16.4. The molecular formula is C16H17NO4. The Morgan fingerprint density at radius 1 is 1.19 bits per heavy atom. The molecule has 5 nitrogen and oxygen atoms in total. The van der Waals surface area contributed by atoms with Crippen LogP contribution < -0.4 is 4.90 Å². The van der Waals surface area contributed by atoms with Crippen molar-refractivity contribution in [2.24, 2.45) is 17.8 Å². The zero-order valence-corrected chi connectivity index (χ0v) is 11.8. The molecule has 0 aromatic heterocycles. The van der Waals surface area contributed by atoms with Gasteiger partial charge in [0, 0.05) is 0 Å². The van der Waals surface area contributed by atoms with Gasteiger partial charge in [0.15, 0.2) is 0 Å². The van der Waals surface area contributed by atoms with Crippen LogP contribution in [0.2, 0.25) is 0 Å². The molecule has 0 unspecified atom stereocenters. The Morgan fingerprint density at radius 2 is 1.90 bits per heavy atom. The van der Waals surface area contributed by atoms with Gasteiger partial charge < -0.3 is 5.11 Å². The Hall–Kier alpha value is -2.17. The molecule has 5 heteroatoms. The number of amides is 2. The van der Waals surface area contributed by atoms with E-state index < -0.39 is 5.97 Å². The summed E-state index contributed by atoms with van der Waals surface area (Å²) in [6.07, 6.45) is 2.44. The molecular weight excluding hydrogens is 270 g/mol. The summed E-state index contributed by atoms with van der Waals surface area (Å²) in [5, 5.41) is 9.04. The summed E-state index contributed by atoms with van der Waals surface area (Å²) >= 11 is 0. The van der Waals surface area contributed by atoms with E-state index in [9.17, 15) is 14.4 Å². The fourth-order valence-electron chi connectivity index (χ4n) is 3.42. The summed E-state index contributed by atoms with van der Waals surface area (Å²) in [4.78, 5) is 37.2. The molecule has 1 saturated heterocycles. The third-order valence-corrected chi connectivity index (χ3v) is 4.54. The Labute approximate surface area is 122 Å². The van der Waals surface area contributed by atoms with Gasteiger partial charge in [0.2, 0.25) is 11.8 Å². The van der Waals surface area contributed by atoms with Gasteiger partial charge in [-0.1, -0.05) is 13.0 Å². The molecule has 1 aliphatic heterocycles. The third-order valence-electron chi connectivity index (χ3n) is 4.54. The fraction of sp³-hybridized carbons (Fsp3) is 0.438. The number of fused-ring (bicyclic) bond motifs is 1. The first-order valence-corrected chi connectivity index (χ1v) is 7.20. The van der Waals surface area contributed by atoms with Gasteiger partial charge in [-0.2, -0.15) is 0 Å². The van der Waals surface area contributed by atoms with Crippen LogP contribution in [0.5, 0.6) is 0 Å². The number of anilines is 1. The van der Waals surface area contributed by atoms with Gasteiger partial charge >= 0.3 is 5.97 Å². The maximum absolute atomic E-state index is 12.5. The molecule has 1 N–H and O–H groups in total. The zero-order valence-electron chi connectivity index (χ0n) is 11.8. The van der Waals surface area contributed by atoms with E-state index in [4.69, 9.17) is 5.11 Å². The van der Waals surface area contributed by atoms with E-state index >= 15 is 0 Å². The summed E-state index contributed by atoms with van der Waals surface area (Å²) in [5.41, 5.74) is 0.447. The normalized spacial score (nSPS) is 28.6. The maximum atomic E-state index is 12.5. The summed E-state index contributed by atoms with van der Waals surface area (Å²) in [6, 6.07) is 6.01. The molecule has 21 heavy (non-hydrogen) atoms. The molecule has 3 rings (SSSR count). The quantitative estimate of drug-likeness (QED) is 0.847. The number of rotatable bonds is 2. The molecule has 3 atom stereocenters. The minimum absolute atomic E-state index is 0.0799. The number of carbonyl (C=O) groups excluding carboxylic acids is 2.